The summed E-state index contributed by atoms with van der Waals surface area (Å²) in [6.45, 7) is 2.79. The van der Waals surface area contributed by atoms with Crippen molar-refractivity contribution >= 4 is 5.97 Å². The molecular weight excluding hydrogens is 168 g/mol. The van der Waals surface area contributed by atoms with Crippen LogP contribution in [0.3, 0.4) is 0 Å². The molecule has 0 amide bonds. The Balaban J connectivity index is 2.47. The molecule has 1 aliphatic heterocycles. The Kier molecular flexibility index (Phi) is 3.74. The fourth-order valence-electron chi connectivity index (χ4n) is 1.47. The van der Waals surface area contributed by atoms with Crippen molar-refractivity contribution in [3.8, 4) is 12.3 Å². The lowest BCUT2D eigenvalue weighted by atomic mass is 10.2. The number of carboxylic acids is 1. The normalized spacial score (nSPS) is 23.8. The first kappa shape index (κ1) is 10.0. The van der Waals surface area contributed by atoms with Crippen LogP contribution in [0.2, 0.25) is 0 Å². The maximum atomic E-state index is 10.8. The molecule has 0 radical (unpaired) electrons. The second-order valence-corrected chi connectivity index (χ2v) is 3.05. The van der Waals surface area contributed by atoms with E-state index < -0.39 is 12.0 Å². The van der Waals surface area contributed by atoms with Gasteiger partial charge in [0.1, 0.15) is 6.04 Å². The van der Waals surface area contributed by atoms with Crippen molar-refractivity contribution in [1.82, 2.24) is 10.2 Å². The van der Waals surface area contributed by atoms with Gasteiger partial charge in [-0.25, -0.2) is 0 Å². The van der Waals surface area contributed by atoms with Gasteiger partial charge in [0.2, 0.25) is 0 Å². The van der Waals surface area contributed by atoms with Gasteiger partial charge in [0.25, 0.3) is 0 Å². The summed E-state index contributed by atoms with van der Waals surface area (Å²) in [6, 6.07) is -0.415. The summed E-state index contributed by atoms with van der Waals surface area (Å²) >= 11 is 0. The smallest absolute Gasteiger partial charge is 0.322 e. The Morgan fingerprint density at radius 1 is 1.77 bits per heavy atom. The Hall–Kier alpha value is -1.05. The van der Waals surface area contributed by atoms with Crippen molar-refractivity contribution < 1.29 is 9.90 Å². The van der Waals surface area contributed by atoms with Gasteiger partial charge < -0.3 is 10.4 Å². The summed E-state index contributed by atoms with van der Waals surface area (Å²) in [5, 5.41) is 11.9. The molecule has 0 aromatic carbocycles. The zero-order valence-corrected chi connectivity index (χ0v) is 7.49. The molecule has 1 unspecified atom stereocenters. The highest BCUT2D eigenvalue weighted by Crippen LogP contribution is 2.03. The van der Waals surface area contributed by atoms with E-state index >= 15 is 0 Å². The first-order chi connectivity index (χ1) is 6.25. The maximum Gasteiger partial charge on any atom is 0.322 e. The van der Waals surface area contributed by atoms with Gasteiger partial charge in [0, 0.05) is 32.6 Å². The van der Waals surface area contributed by atoms with Gasteiger partial charge >= 0.3 is 5.97 Å². The molecule has 0 aromatic rings. The van der Waals surface area contributed by atoms with E-state index in [1.54, 1.807) is 0 Å². The van der Waals surface area contributed by atoms with Crippen LogP contribution in [0.4, 0.5) is 0 Å². The molecule has 0 aromatic heterocycles. The predicted octanol–water partition coefficient (Wildman–Crippen LogP) is -0.632. The molecule has 0 aliphatic carbocycles. The van der Waals surface area contributed by atoms with E-state index in [0.717, 1.165) is 13.1 Å². The van der Waals surface area contributed by atoms with Crippen LogP contribution in [-0.4, -0.2) is 48.2 Å². The van der Waals surface area contributed by atoms with Gasteiger partial charge in [-0.1, -0.05) is 0 Å². The molecule has 1 saturated heterocycles. The van der Waals surface area contributed by atoms with Gasteiger partial charge in [-0.15, -0.1) is 12.3 Å². The molecular formula is C9H14N2O2. The van der Waals surface area contributed by atoms with E-state index in [1.807, 2.05) is 4.90 Å². The molecule has 1 heterocycles. The topological polar surface area (TPSA) is 52.6 Å². The minimum Gasteiger partial charge on any atom is -0.480 e. The van der Waals surface area contributed by atoms with Crippen molar-refractivity contribution in [2.24, 2.45) is 0 Å². The van der Waals surface area contributed by atoms with E-state index in [4.69, 9.17) is 11.5 Å². The van der Waals surface area contributed by atoms with Crippen molar-refractivity contribution in [2.75, 3.05) is 26.2 Å². The molecule has 2 N–H and O–H groups in total. The fourth-order valence-corrected chi connectivity index (χ4v) is 1.47. The third-order valence-electron chi connectivity index (χ3n) is 2.18. The molecule has 72 valence electrons. The average Bonchev–Trinajstić information content (AvgIpc) is 2.15. The van der Waals surface area contributed by atoms with Crippen LogP contribution in [0.5, 0.6) is 0 Å². The molecule has 0 bridgehead atoms. The number of nitrogens with zero attached hydrogens (tertiary/aromatic N) is 1. The van der Waals surface area contributed by atoms with Gasteiger partial charge in [0.15, 0.2) is 0 Å². The lowest BCUT2D eigenvalue weighted by Gasteiger charge is -2.32. The van der Waals surface area contributed by atoms with Gasteiger partial charge in [-0.2, -0.15) is 0 Å². The van der Waals surface area contributed by atoms with Crippen LogP contribution in [0, 0.1) is 12.3 Å². The van der Waals surface area contributed by atoms with Crippen LogP contribution in [0.25, 0.3) is 0 Å². The molecule has 4 heteroatoms. The highest BCUT2D eigenvalue weighted by Gasteiger charge is 2.27. The Morgan fingerprint density at radius 3 is 3.15 bits per heavy atom. The minimum absolute atomic E-state index is 0.415. The number of aliphatic carboxylic acids is 1. The van der Waals surface area contributed by atoms with Crippen molar-refractivity contribution in [3.05, 3.63) is 0 Å². The van der Waals surface area contributed by atoms with E-state index in [0.29, 0.717) is 19.5 Å². The third-order valence-corrected chi connectivity index (χ3v) is 2.18. The lowest BCUT2D eigenvalue weighted by Crippen LogP contribution is -2.54. The molecule has 1 fully saturated rings. The first-order valence-corrected chi connectivity index (χ1v) is 4.36. The molecule has 0 saturated carbocycles. The summed E-state index contributed by atoms with van der Waals surface area (Å²) in [5.41, 5.74) is 0. The lowest BCUT2D eigenvalue weighted by molar-refractivity contribution is -0.143. The third kappa shape index (κ3) is 2.72. The van der Waals surface area contributed by atoms with E-state index in [2.05, 4.69) is 11.2 Å². The van der Waals surface area contributed by atoms with E-state index in [9.17, 15) is 4.79 Å². The first-order valence-electron chi connectivity index (χ1n) is 4.36. The molecule has 4 nitrogen and oxygen atoms in total. The Morgan fingerprint density at radius 2 is 2.54 bits per heavy atom. The van der Waals surface area contributed by atoms with Gasteiger partial charge in [-0.3, -0.25) is 9.69 Å². The molecule has 13 heavy (non-hydrogen) atoms. The quantitative estimate of drug-likeness (QED) is 0.570. The van der Waals surface area contributed by atoms with Gasteiger partial charge in [-0.05, 0) is 0 Å². The fraction of sp³-hybridized carbons (Fsp3) is 0.667. The zero-order valence-electron chi connectivity index (χ0n) is 7.49. The molecule has 1 rings (SSSR count). The molecule has 0 spiro atoms. The monoisotopic (exact) mass is 182 g/mol. The van der Waals surface area contributed by atoms with Crippen molar-refractivity contribution in [2.45, 2.75) is 12.5 Å². The highest BCUT2D eigenvalue weighted by molar-refractivity contribution is 5.73. The van der Waals surface area contributed by atoms with Crippen LogP contribution in [-0.2, 0) is 4.79 Å². The summed E-state index contributed by atoms with van der Waals surface area (Å²) in [4.78, 5) is 12.7. The number of carboxylic acid groups (broad SMARTS) is 1. The standard InChI is InChI=1S/C9H14N2O2/c1-2-3-5-11-6-4-10-7-8(11)9(12)13/h1,8,10H,3-7H2,(H,12,13). The van der Waals surface area contributed by atoms with Crippen molar-refractivity contribution in [1.29, 1.82) is 0 Å². The predicted molar refractivity (Wildman–Crippen MR) is 49.3 cm³/mol. The number of carbonyl (C=O) groups is 1. The summed E-state index contributed by atoms with van der Waals surface area (Å²) in [7, 11) is 0. The summed E-state index contributed by atoms with van der Waals surface area (Å²) in [5.74, 6) is 1.75. The van der Waals surface area contributed by atoms with Crippen LogP contribution in [0.15, 0.2) is 0 Å². The van der Waals surface area contributed by atoms with Crippen LogP contribution < -0.4 is 5.32 Å². The second kappa shape index (κ2) is 4.85. The van der Waals surface area contributed by atoms with E-state index in [1.165, 1.54) is 0 Å². The van der Waals surface area contributed by atoms with Gasteiger partial charge in [0.05, 0.1) is 0 Å². The molecule has 1 atom stereocenters. The highest BCUT2D eigenvalue weighted by atomic mass is 16.4. The van der Waals surface area contributed by atoms with Crippen LogP contribution in [0.1, 0.15) is 6.42 Å². The largest absolute Gasteiger partial charge is 0.480 e. The second-order valence-electron chi connectivity index (χ2n) is 3.05. The number of nitrogens with one attached hydrogen (secondary N) is 1. The number of hydrogen-bond donors (Lipinski definition) is 2. The SMILES string of the molecule is C#CCCN1CCNCC1C(=O)O. The minimum atomic E-state index is -0.774. The Bertz CT molecular complexity index is 222. The van der Waals surface area contributed by atoms with E-state index in [-0.39, 0.29) is 0 Å². The summed E-state index contributed by atoms with van der Waals surface area (Å²) < 4.78 is 0. The average molecular weight is 182 g/mol. The maximum absolute atomic E-state index is 10.8. The molecule has 1 aliphatic rings. The number of terminal acetylenes is 1. The number of piperazine rings is 1. The number of hydrogen-bond acceptors (Lipinski definition) is 3. The van der Waals surface area contributed by atoms with Crippen LogP contribution >= 0.6 is 0 Å². The number of rotatable bonds is 3. The Labute approximate surface area is 77.9 Å². The zero-order chi connectivity index (χ0) is 9.68. The van der Waals surface area contributed by atoms with Crippen molar-refractivity contribution in [3.63, 3.8) is 0 Å². The summed E-state index contributed by atoms with van der Waals surface area (Å²) in [6.07, 6.45) is 5.74.